The second-order valence-corrected chi connectivity index (χ2v) is 3.74. The van der Waals surface area contributed by atoms with Crippen LogP contribution in [-0.2, 0) is 6.54 Å². The number of benzene rings is 1. The van der Waals surface area contributed by atoms with Crippen LogP contribution in [0.2, 0.25) is 0 Å². The summed E-state index contributed by atoms with van der Waals surface area (Å²) in [5, 5.41) is 10.1. The quantitative estimate of drug-likeness (QED) is 0.829. The Morgan fingerprint density at radius 1 is 1.44 bits per heavy atom. The predicted octanol–water partition coefficient (Wildman–Crippen LogP) is 2.40. The first kappa shape index (κ1) is 10.8. The van der Waals surface area contributed by atoms with E-state index in [2.05, 4.69) is 15.5 Å². The van der Waals surface area contributed by atoms with Crippen LogP contribution < -0.4 is 5.32 Å². The predicted molar refractivity (Wildman–Crippen MR) is 60.2 cm³/mol. The van der Waals surface area contributed by atoms with Gasteiger partial charge < -0.3 is 5.32 Å². The van der Waals surface area contributed by atoms with E-state index in [0.717, 1.165) is 11.3 Å². The smallest absolute Gasteiger partial charge is 0.123 e. The molecule has 0 radical (unpaired) electrons. The minimum atomic E-state index is -0.200. The number of rotatable bonds is 4. The van der Waals surface area contributed by atoms with Gasteiger partial charge in [-0.1, -0.05) is 12.1 Å². The van der Waals surface area contributed by atoms with E-state index in [-0.39, 0.29) is 11.9 Å². The molecule has 0 spiro atoms. The zero-order valence-electron chi connectivity index (χ0n) is 9.07. The lowest BCUT2D eigenvalue weighted by molar-refractivity contribution is 0.556. The van der Waals surface area contributed by atoms with Gasteiger partial charge in [0.15, 0.2) is 0 Å². The Hall–Kier alpha value is -1.68. The lowest BCUT2D eigenvalue weighted by Gasteiger charge is -2.11. The summed E-state index contributed by atoms with van der Waals surface area (Å²) in [4.78, 5) is 0. The van der Waals surface area contributed by atoms with Crippen molar-refractivity contribution in [2.45, 2.75) is 19.5 Å². The number of H-pyrrole nitrogens is 1. The molecule has 1 aromatic carbocycles. The number of nitrogens with one attached hydrogen (secondary N) is 2. The largest absolute Gasteiger partial charge is 0.305 e. The molecule has 0 aliphatic rings. The Morgan fingerprint density at radius 3 is 3.00 bits per heavy atom. The second kappa shape index (κ2) is 4.90. The average molecular weight is 219 g/mol. The van der Waals surface area contributed by atoms with Crippen LogP contribution in [0.4, 0.5) is 4.39 Å². The van der Waals surface area contributed by atoms with Crippen molar-refractivity contribution in [3.05, 3.63) is 53.6 Å². The Morgan fingerprint density at radius 2 is 2.31 bits per heavy atom. The third-order valence-electron chi connectivity index (χ3n) is 2.49. The molecule has 2 N–H and O–H groups in total. The van der Waals surface area contributed by atoms with Crippen molar-refractivity contribution in [2.24, 2.45) is 0 Å². The van der Waals surface area contributed by atoms with Crippen LogP contribution in [0.1, 0.15) is 24.2 Å². The first-order chi connectivity index (χ1) is 7.75. The minimum Gasteiger partial charge on any atom is -0.305 e. The van der Waals surface area contributed by atoms with Gasteiger partial charge in [0.25, 0.3) is 0 Å². The Balaban J connectivity index is 1.92. The summed E-state index contributed by atoms with van der Waals surface area (Å²) in [7, 11) is 0. The van der Waals surface area contributed by atoms with Gasteiger partial charge in [-0.25, -0.2) is 4.39 Å². The SMILES string of the molecule is CC(NCc1cccc(F)c1)c1ccn[nH]1. The monoisotopic (exact) mass is 219 g/mol. The molecule has 16 heavy (non-hydrogen) atoms. The average Bonchev–Trinajstić information content (AvgIpc) is 2.79. The molecule has 1 heterocycles. The molecule has 0 saturated carbocycles. The maximum Gasteiger partial charge on any atom is 0.123 e. The number of hydrogen-bond donors (Lipinski definition) is 2. The molecule has 0 bridgehead atoms. The van der Waals surface area contributed by atoms with Crippen molar-refractivity contribution in [3.8, 4) is 0 Å². The van der Waals surface area contributed by atoms with E-state index in [1.165, 1.54) is 12.1 Å². The Labute approximate surface area is 93.7 Å². The zero-order chi connectivity index (χ0) is 11.4. The van der Waals surface area contributed by atoms with E-state index in [0.29, 0.717) is 6.54 Å². The second-order valence-electron chi connectivity index (χ2n) is 3.74. The maximum absolute atomic E-state index is 12.9. The standard InChI is InChI=1S/C12H14FN3/c1-9(12-5-6-15-16-12)14-8-10-3-2-4-11(13)7-10/h2-7,9,14H,8H2,1H3,(H,15,16). The molecule has 3 nitrogen and oxygen atoms in total. The Bertz CT molecular complexity index is 439. The van der Waals surface area contributed by atoms with Crippen molar-refractivity contribution >= 4 is 0 Å². The molecule has 0 aliphatic carbocycles. The minimum absolute atomic E-state index is 0.172. The fourth-order valence-corrected chi connectivity index (χ4v) is 1.54. The lowest BCUT2D eigenvalue weighted by atomic mass is 10.2. The lowest BCUT2D eigenvalue weighted by Crippen LogP contribution is -2.18. The van der Waals surface area contributed by atoms with Crippen molar-refractivity contribution in [3.63, 3.8) is 0 Å². The van der Waals surface area contributed by atoms with E-state index in [1.807, 2.05) is 19.1 Å². The van der Waals surface area contributed by atoms with E-state index < -0.39 is 0 Å². The molecule has 1 aromatic heterocycles. The van der Waals surface area contributed by atoms with Gasteiger partial charge in [-0.3, -0.25) is 5.10 Å². The normalized spacial score (nSPS) is 12.6. The summed E-state index contributed by atoms with van der Waals surface area (Å²) in [6.07, 6.45) is 1.72. The van der Waals surface area contributed by atoms with Gasteiger partial charge in [-0.05, 0) is 30.7 Å². The van der Waals surface area contributed by atoms with Crippen molar-refractivity contribution in [2.75, 3.05) is 0 Å². The number of nitrogens with zero attached hydrogens (tertiary/aromatic N) is 1. The van der Waals surface area contributed by atoms with Crippen LogP contribution in [0.5, 0.6) is 0 Å². The summed E-state index contributed by atoms with van der Waals surface area (Å²) >= 11 is 0. The van der Waals surface area contributed by atoms with Crippen LogP contribution in [0.15, 0.2) is 36.5 Å². The number of halogens is 1. The highest BCUT2D eigenvalue weighted by Crippen LogP contribution is 2.09. The molecule has 0 saturated heterocycles. The van der Waals surface area contributed by atoms with Gasteiger partial charge in [0, 0.05) is 18.8 Å². The van der Waals surface area contributed by atoms with Gasteiger partial charge in [0.1, 0.15) is 5.82 Å². The highest BCUT2D eigenvalue weighted by molar-refractivity contribution is 5.16. The van der Waals surface area contributed by atoms with Crippen LogP contribution >= 0.6 is 0 Å². The Kier molecular flexibility index (Phi) is 3.31. The maximum atomic E-state index is 12.9. The molecule has 1 atom stereocenters. The fourth-order valence-electron chi connectivity index (χ4n) is 1.54. The topological polar surface area (TPSA) is 40.7 Å². The number of hydrogen-bond acceptors (Lipinski definition) is 2. The van der Waals surface area contributed by atoms with Crippen LogP contribution in [0.3, 0.4) is 0 Å². The van der Waals surface area contributed by atoms with E-state index in [4.69, 9.17) is 0 Å². The van der Waals surface area contributed by atoms with Crippen molar-refractivity contribution < 1.29 is 4.39 Å². The molecule has 84 valence electrons. The first-order valence-corrected chi connectivity index (χ1v) is 5.23. The first-order valence-electron chi connectivity index (χ1n) is 5.23. The molecule has 4 heteroatoms. The number of aromatic nitrogens is 2. The van der Waals surface area contributed by atoms with Crippen molar-refractivity contribution in [1.82, 2.24) is 15.5 Å². The molecular formula is C12H14FN3. The van der Waals surface area contributed by atoms with Gasteiger partial charge in [-0.15, -0.1) is 0 Å². The molecular weight excluding hydrogens is 205 g/mol. The van der Waals surface area contributed by atoms with Crippen LogP contribution in [-0.4, -0.2) is 10.2 Å². The molecule has 0 aliphatic heterocycles. The third kappa shape index (κ3) is 2.67. The summed E-state index contributed by atoms with van der Waals surface area (Å²) in [5.74, 6) is -0.200. The summed E-state index contributed by atoms with van der Waals surface area (Å²) < 4.78 is 12.9. The van der Waals surface area contributed by atoms with E-state index in [9.17, 15) is 4.39 Å². The fraction of sp³-hybridized carbons (Fsp3) is 0.250. The highest BCUT2D eigenvalue weighted by atomic mass is 19.1. The number of aromatic amines is 1. The summed E-state index contributed by atoms with van der Waals surface area (Å²) in [6.45, 7) is 2.67. The van der Waals surface area contributed by atoms with Crippen LogP contribution in [0, 0.1) is 5.82 Å². The van der Waals surface area contributed by atoms with Crippen molar-refractivity contribution in [1.29, 1.82) is 0 Å². The summed E-state index contributed by atoms with van der Waals surface area (Å²) in [5.41, 5.74) is 1.96. The third-order valence-corrected chi connectivity index (χ3v) is 2.49. The summed E-state index contributed by atoms with van der Waals surface area (Å²) in [6, 6.07) is 8.69. The molecule has 0 fully saturated rings. The van der Waals surface area contributed by atoms with E-state index in [1.54, 1.807) is 12.3 Å². The molecule has 2 rings (SSSR count). The van der Waals surface area contributed by atoms with Gasteiger partial charge >= 0.3 is 0 Å². The van der Waals surface area contributed by atoms with Crippen LogP contribution in [0.25, 0.3) is 0 Å². The van der Waals surface area contributed by atoms with E-state index >= 15 is 0 Å². The van der Waals surface area contributed by atoms with Gasteiger partial charge in [0.05, 0.1) is 5.69 Å². The van der Waals surface area contributed by atoms with Gasteiger partial charge in [-0.2, -0.15) is 5.10 Å². The molecule has 1 unspecified atom stereocenters. The zero-order valence-corrected chi connectivity index (χ0v) is 9.07. The van der Waals surface area contributed by atoms with Gasteiger partial charge in [0.2, 0.25) is 0 Å². The molecule has 2 aromatic rings. The highest BCUT2D eigenvalue weighted by Gasteiger charge is 2.05. The molecule has 0 amide bonds.